The first-order chi connectivity index (χ1) is 9.29. The quantitative estimate of drug-likeness (QED) is 0.723. The van der Waals surface area contributed by atoms with E-state index in [9.17, 15) is 4.79 Å². The average Bonchev–Trinajstić information content (AvgIpc) is 2.90. The summed E-state index contributed by atoms with van der Waals surface area (Å²) in [5.41, 5.74) is 1.15. The molecule has 1 atom stereocenters. The summed E-state index contributed by atoms with van der Waals surface area (Å²) in [6.07, 6.45) is 5.86. The molecule has 0 bridgehead atoms. The summed E-state index contributed by atoms with van der Waals surface area (Å²) in [7, 11) is 0. The van der Waals surface area contributed by atoms with Crippen molar-refractivity contribution in [1.29, 1.82) is 5.26 Å². The van der Waals surface area contributed by atoms with Crippen LogP contribution in [0.25, 0.3) is 5.52 Å². The Balaban J connectivity index is 1.90. The third-order valence-electron chi connectivity index (χ3n) is 3.05. The van der Waals surface area contributed by atoms with Gasteiger partial charge in [0.25, 0.3) is 5.91 Å². The second kappa shape index (κ2) is 4.66. The summed E-state index contributed by atoms with van der Waals surface area (Å²) in [5, 5.41) is 13.0. The van der Waals surface area contributed by atoms with Crippen molar-refractivity contribution in [3.05, 3.63) is 30.4 Å². The Hall–Kier alpha value is -2.46. The maximum atomic E-state index is 12.4. The Bertz CT molecular complexity index is 659. The minimum atomic E-state index is -0.558. The molecule has 0 radical (unpaired) electrons. The van der Waals surface area contributed by atoms with Crippen LogP contribution in [0.15, 0.2) is 24.8 Å². The van der Waals surface area contributed by atoms with E-state index in [0.29, 0.717) is 24.2 Å². The predicted molar refractivity (Wildman–Crippen MR) is 64.2 cm³/mol. The van der Waals surface area contributed by atoms with Gasteiger partial charge in [-0.15, -0.1) is 0 Å². The first-order valence-corrected chi connectivity index (χ1v) is 5.87. The molecule has 0 N–H and O–H groups in total. The smallest absolute Gasteiger partial charge is 0.257 e. The molecule has 1 aliphatic rings. The molecular weight excluding hydrogens is 246 g/mol. The van der Waals surface area contributed by atoms with Crippen molar-refractivity contribution >= 4 is 11.4 Å². The summed E-state index contributed by atoms with van der Waals surface area (Å²) in [4.78, 5) is 18.0. The van der Waals surface area contributed by atoms with Crippen LogP contribution in [0, 0.1) is 11.3 Å². The molecule has 0 saturated carbocycles. The van der Waals surface area contributed by atoms with Crippen molar-refractivity contribution in [3.8, 4) is 6.07 Å². The fraction of sp³-hybridized carbons (Fsp3) is 0.333. The maximum absolute atomic E-state index is 12.4. The molecule has 0 spiro atoms. The number of carbonyl (C=O) groups is 1. The zero-order valence-corrected chi connectivity index (χ0v) is 10.1. The van der Waals surface area contributed by atoms with Crippen LogP contribution in [-0.4, -0.2) is 51.2 Å². The van der Waals surface area contributed by atoms with E-state index in [2.05, 4.69) is 10.1 Å². The standard InChI is InChI=1S/C12H11N5O2/c13-5-9-8-16(3-4-19-9)12(18)10-6-15-17-2-1-14-7-11(10)17/h1-2,6-7,9H,3-4,8H2. The molecule has 7 heteroatoms. The second-order valence-electron chi connectivity index (χ2n) is 4.20. The lowest BCUT2D eigenvalue weighted by Crippen LogP contribution is -2.45. The van der Waals surface area contributed by atoms with Crippen molar-refractivity contribution in [1.82, 2.24) is 19.5 Å². The van der Waals surface area contributed by atoms with Crippen LogP contribution in [0.1, 0.15) is 10.4 Å². The number of hydrogen-bond donors (Lipinski definition) is 0. The Labute approximate surface area is 109 Å². The highest BCUT2D eigenvalue weighted by Gasteiger charge is 2.26. The lowest BCUT2D eigenvalue weighted by Gasteiger charge is -2.29. The number of rotatable bonds is 1. The van der Waals surface area contributed by atoms with Crippen molar-refractivity contribution in [3.63, 3.8) is 0 Å². The number of carbonyl (C=O) groups excluding carboxylic acids is 1. The first-order valence-electron chi connectivity index (χ1n) is 5.87. The summed E-state index contributed by atoms with van der Waals surface area (Å²) in [6.45, 7) is 1.14. The number of amides is 1. The highest BCUT2D eigenvalue weighted by Crippen LogP contribution is 2.14. The lowest BCUT2D eigenvalue weighted by atomic mass is 10.2. The fourth-order valence-electron chi connectivity index (χ4n) is 2.08. The van der Waals surface area contributed by atoms with Crippen LogP contribution in [-0.2, 0) is 4.74 Å². The van der Waals surface area contributed by atoms with E-state index in [1.165, 1.54) is 6.20 Å². The lowest BCUT2D eigenvalue weighted by molar-refractivity contribution is 0.00355. The van der Waals surface area contributed by atoms with E-state index < -0.39 is 6.10 Å². The zero-order chi connectivity index (χ0) is 13.2. The van der Waals surface area contributed by atoms with E-state index in [0.717, 1.165) is 0 Å². The summed E-state index contributed by atoms with van der Waals surface area (Å²) in [5.74, 6) is -0.147. The molecule has 2 aromatic rings. The fourth-order valence-corrected chi connectivity index (χ4v) is 2.08. The number of fused-ring (bicyclic) bond motifs is 1. The highest BCUT2D eigenvalue weighted by atomic mass is 16.5. The van der Waals surface area contributed by atoms with Crippen molar-refractivity contribution < 1.29 is 9.53 Å². The predicted octanol–water partition coefficient (Wildman–Crippen LogP) is 0.0939. The van der Waals surface area contributed by atoms with Crippen molar-refractivity contribution in [2.24, 2.45) is 0 Å². The third kappa shape index (κ3) is 2.02. The number of aromatic nitrogens is 3. The molecule has 1 saturated heterocycles. The van der Waals surface area contributed by atoms with Gasteiger partial charge in [0.2, 0.25) is 0 Å². The Kier molecular flexibility index (Phi) is 2.85. The van der Waals surface area contributed by atoms with Crippen LogP contribution >= 0.6 is 0 Å². The normalized spacial score (nSPS) is 19.3. The second-order valence-corrected chi connectivity index (χ2v) is 4.20. The minimum absolute atomic E-state index is 0.147. The Morgan fingerprint density at radius 2 is 2.42 bits per heavy atom. The number of ether oxygens (including phenoxy) is 1. The molecule has 0 aromatic carbocycles. The molecule has 7 nitrogen and oxygen atoms in total. The van der Waals surface area contributed by atoms with Crippen LogP contribution in [0.4, 0.5) is 0 Å². The van der Waals surface area contributed by atoms with Gasteiger partial charge in [-0.3, -0.25) is 9.78 Å². The summed E-state index contributed by atoms with van der Waals surface area (Å²) in [6, 6.07) is 2.02. The van der Waals surface area contributed by atoms with Crippen LogP contribution in [0.2, 0.25) is 0 Å². The van der Waals surface area contributed by atoms with Gasteiger partial charge in [-0.05, 0) is 0 Å². The topological polar surface area (TPSA) is 83.5 Å². The van der Waals surface area contributed by atoms with Gasteiger partial charge in [0.15, 0.2) is 6.10 Å². The van der Waals surface area contributed by atoms with E-state index in [-0.39, 0.29) is 12.5 Å². The average molecular weight is 257 g/mol. The van der Waals surface area contributed by atoms with Gasteiger partial charge in [-0.1, -0.05) is 0 Å². The highest BCUT2D eigenvalue weighted by molar-refractivity contribution is 6.00. The van der Waals surface area contributed by atoms with E-state index in [1.807, 2.05) is 6.07 Å². The van der Waals surface area contributed by atoms with Crippen molar-refractivity contribution in [2.75, 3.05) is 19.7 Å². The molecule has 1 fully saturated rings. The third-order valence-corrected chi connectivity index (χ3v) is 3.05. The van der Waals surface area contributed by atoms with E-state index in [4.69, 9.17) is 10.00 Å². The van der Waals surface area contributed by atoms with Gasteiger partial charge in [0.05, 0.1) is 42.7 Å². The largest absolute Gasteiger partial charge is 0.360 e. The van der Waals surface area contributed by atoms with Gasteiger partial charge in [0, 0.05) is 18.9 Å². The number of nitriles is 1. The van der Waals surface area contributed by atoms with Gasteiger partial charge >= 0.3 is 0 Å². The molecule has 0 aliphatic carbocycles. The molecule has 1 unspecified atom stereocenters. The first kappa shape index (κ1) is 11.6. The van der Waals surface area contributed by atoms with E-state index in [1.54, 1.807) is 28.0 Å². The molecule has 19 heavy (non-hydrogen) atoms. The van der Waals surface area contributed by atoms with Gasteiger partial charge in [-0.25, -0.2) is 4.52 Å². The molecule has 3 heterocycles. The number of nitrogens with zero attached hydrogens (tertiary/aromatic N) is 5. The van der Waals surface area contributed by atoms with Crippen LogP contribution in [0.5, 0.6) is 0 Å². The molecule has 96 valence electrons. The van der Waals surface area contributed by atoms with E-state index >= 15 is 0 Å². The maximum Gasteiger partial charge on any atom is 0.257 e. The van der Waals surface area contributed by atoms with Gasteiger partial charge in [0.1, 0.15) is 0 Å². The van der Waals surface area contributed by atoms with Crippen molar-refractivity contribution in [2.45, 2.75) is 6.10 Å². The minimum Gasteiger partial charge on any atom is -0.360 e. The Morgan fingerprint density at radius 1 is 1.53 bits per heavy atom. The molecule has 2 aromatic heterocycles. The number of hydrogen-bond acceptors (Lipinski definition) is 5. The summed E-state index contributed by atoms with van der Waals surface area (Å²) < 4.78 is 6.82. The SMILES string of the molecule is N#CC1CN(C(=O)c2cnn3ccncc23)CCO1. The van der Waals surface area contributed by atoms with Gasteiger partial charge in [-0.2, -0.15) is 10.4 Å². The zero-order valence-electron chi connectivity index (χ0n) is 10.1. The molecule has 1 amide bonds. The monoisotopic (exact) mass is 257 g/mol. The summed E-state index contributed by atoms with van der Waals surface area (Å²) >= 11 is 0. The van der Waals surface area contributed by atoms with Crippen LogP contribution < -0.4 is 0 Å². The molecular formula is C12H11N5O2. The molecule has 1 aliphatic heterocycles. The number of morpholine rings is 1. The van der Waals surface area contributed by atoms with Crippen LogP contribution in [0.3, 0.4) is 0 Å². The Morgan fingerprint density at radius 3 is 3.26 bits per heavy atom. The molecule has 3 rings (SSSR count). The van der Waals surface area contributed by atoms with Gasteiger partial charge < -0.3 is 9.64 Å².